The average Bonchev–Trinajstić information content (AvgIpc) is 3.20. The third-order valence-electron chi connectivity index (χ3n) is 4.57. The average molecular weight is 396 g/mol. The lowest BCUT2D eigenvalue weighted by Gasteiger charge is -2.21. The molecule has 0 saturated carbocycles. The Kier molecular flexibility index (Phi) is 5.70. The van der Waals surface area contributed by atoms with Gasteiger partial charge in [0.2, 0.25) is 0 Å². The monoisotopic (exact) mass is 395 g/mol. The minimum Gasteiger partial charge on any atom is -0.465 e. The number of nitrogens with zero attached hydrogens (tertiary/aromatic N) is 1. The summed E-state index contributed by atoms with van der Waals surface area (Å²) in [6, 6.07) is 4.98. The second-order valence-electron chi connectivity index (χ2n) is 6.23. The number of hydrogen-bond donors (Lipinski definition) is 0. The van der Waals surface area contributed by atoms with Gasteiger partial charge < -0.3 is 14.4 Å². The summed E-state index contributed by atoms with van der Waals surface area (Å²) in [7, 11) is 1.29. The van der Waals surface area contributed by atoms with E-state index in [9.17, 15) is 9.59 Å². The normalized spacial score (nSPS) is 21.8. The first-order valence-electron chi connectivity index (χ1n) is 8.32. The van der Waals surface area contributed by atoms with Crippen LogP contribution in [0.3, 0.4) is 0 Å². The number of amides is 1. The first-order valence-corrected chi connectivity index (χ1v) is 9.07. The molecule has 1 unspecified atom stereocenters. The van der Waals surface area contributed by atoms with Crippen molar-refractivity contribution < 1.29 is 19.1 Å². The van der Waals surface area contributed by atoms with E-state index >= 15 is 0 Å². The van der Waals surface area contributed by atoms with Crippen molar-refractivity contribution in [2.24, 2.45) is 0 Å². The number of halogens is 2. The summed E-state index contributed by atoms with van der Waals surface area (Å²) in [5.41, 5.74) is 1.68. The van der Waals surface area contributed by atoms with Gasteiger partial charge in [0.25, 0.3) is 5.91 Å². The summed E-state index contributed by atoms with van der Waals surface area (Å²) in [4.78, 5) is 26.9. The zero-order valence-corrected chi connectivity index (χ0v) is 16.1. The molecular weight excluding hydrogens is 377 g/mol. The first-order chi connectivity index (χ1) is 12.4. The van der Waals surface area contributed by atoms with Gasteiger partial charge in [0, 0.05) is 22.3 Å². The van der Waals surface area contributed by atoms with Crippen LogP contribution >= 0.6 is 23.2 Å². The van der Waals surface area contributed by atoms with Crippen LogP contribution < -0.4 is 0 Å². The topological polar surface area (TPSA) is 55.8 Å². The molecule has 5 nitrogen and oxygen atoms in total. The largest absolute Gasteiger partial charge is 0.465 e. The minimum absolute atomic E-state index is 0.0220. The molecule has 0 aliphatic carbocycles. The molecule has 2 aliphatic heterocycles. The minimum atomic E-state index is -0.554. The third-order valence-corrected chi connectivity index (χ3v) is 5.14. The van der Waals surface area contributed by atoms with E-state index in [1.807, 2.05) is 0 Å². The number of carbonyl (C=O) groups is 2. The molecule has 1 aromatic carbocycles. The van der Waals surface area contributed by atoms with Crippen molar-refractivity contribution in [2.45, 2.75) is 25.9 Å². The van der Waals surface area contributed by atoms with E-state index in [2.05, 4.69) is 0 Å². The van der Waals surface area contributed by atoms with Crippen LogP contribution in [0, 0.1) is 0 Å². The van der Waals surface area contributed by atoms with Gasteiger partial charge in [-0.1, -0.05) is 29.3 Å². The first kappa shape index (κ1) is 19.0. The fourth-order valence-electron chi connectivity index (χ4n) is 3.21. The molecule has 0 bridgehead atoms. The second-order valence-corrected chi connectivity index (χ2v) is 7.07. The highest BCUT2D eigenvalue weighted by Crippen LogP contribution is 2.34. The van der Waals surface area contributed by atoms with Gasteiger partial charge in [0.05, 0.1) is 30.9 Å². The highest BCUT2D eigenvalue weighted by Gasteiger charge is 2.38. The van der Waals surface area contributed by atoms with Crippen molar-refractivity contribution >= 4 is 41.2 Å². The maximum absolute atomic E-state index is 13.0. The van der Waals surface area contributed by atoms with Crippen LogP contribution in [-0.2, 0) is 19.1 Å². The van der Waals surface area contributed by atoms with Crippen molar-refractivity contribution in [1.29, 1.82) is 0 Å². The van der Waals surface area contributed by atoms with Crippen LogP contribution in [0.4, 0.5) is 0 Å². The van der Waals surface area contributed by atoms with Gasteiger partial charge in [-0.05, 0) is 43.5 Å². The van der Waals surface area contributed by atoms with E-state index in [0.29, 0.717) is 34.5 Å². The maximum atomic E-state index is 13.0. The predicted molar refractivity (Wildman–Crippen MR) is 99.8 cm³/mol. The number of ether oxygens (including phenoxy) is 2. The quantitative estimate of drug-likeness (QED) is 0.573. The number of allylic oxidation sites excluding steroid dienone is 1. The molecule has 138 valence electrons. The fraction of sp³-hybridized carbons (Fsp3) is 0.368. The number of esters is 1. The Morgan fingerprint density at radius 3 is 2.81 bits per heavy atom. The lowest BCUT2D eigenvalue weighted by molar-refractivity contribution is -0.136. The molecule has 26 heavy (non-hydrogen) atoms. The van der Waals surface area contributed by atoms with Crippen LogP contribution in [-0.4, -0.2) is 43.1 Å². The Labute approximate surface area is 162 Å². The predicted octanol–water partition coefficient (Wildman–Crippen LogP) is 3.85. The SMILES string of the molecule is COC(=O)C1=C(C)N(CC2CCCO2)C(=O)/C1=C\c1ccc(Cl)cc1Cl. The number of rotatable bonds is 4. The Bertz CT molecular complexity index is 810. The molecule has 3 rings (SSSR count). The molecule has 1 aromatic rings. The Hall–Kier alpha value is -1.82. The molecule has 1 saturated heterocycles. The van der Waals surface area contributed by atoms with Crippen molar-refractivity contribution in [3.05, 3.63) is 50.7 Å². The Balaban J connectivity index is 2.00. The summed E-state index contributed by atoms with van der Waals surface area (Å²) < 4.78 is 10.5. The molecule has 0 N–H and O–H groups in total. The van der Waals surface area contributed by atoms with Gasteiger partial charge in [0.1, 0.15) is 0 Å². The van der Waals surface area contributed by atoms with Crippen LogP contribution in [0.5, 0.6) is 0 Å². The molecule has 7 heteroatoms. The van der Waals surface area contributed by atoms with Gasteiger partial charge >= 0.3 is 5.97 Å². The van der Waals surface area contributed by atoms with E-state index < -0.39 is 5.97 Å². The van der Waals surface area contributed by atoms with E-state index in [1.165, 1.54) is 7.11 Å². The summed E-state index contributed by atoms with van der Waals surface area (Å²) in [6.45, 7) is 2.85. The molecule has 0 spiro atoms. The Morgan fingerprint density at radius 2 is 2.19 bits per heavy atom. The highest BCUT2D eigenvalue weighted by molar-refractivity contribution is 6.35. The van der Waals surface area contributed by atoms with Crippen LogP contribution in [0.25, 0.3) is 6.08 Å². The van der Waals surface area contributed by atoms with E-state index in [0.717, 1.165) is 12.8 Å². The van der Waals surface area contributed by atoms with E-state index in [1.54, 1.807) is 36.1 Å². The van der Waals surface area contributed by atoms with Crippen LogP contribution in [0.15, 0.2) is 35.0 Å². The van der Waals surface area contributed by atoms with Crippen molar-refractivity contribution in [3.8, 4) is 0 Å². The van der Waals surface area contributed by atoms with Crippen molar-refractivity contribution in [3.63, 3.8) is 0 Å². The molecule has 2 aliphatic rings. The molecule has 1 amide bonds. The van der Waals surface area contributed by atoms with Crippen LogP contribution in [0.1, 0.15) is 25.3 Å². The Morgan fingerprint density at radius 1 is 1.42 bits per heavy atom. The van der Waals surface area contributed by atoms with Crippen molar-refractivity contribution in [1.82, 2.24) is 4.90 Å². The third kappa shape index (κ3) is 3.65. The van der Waals surface area contributed by atoms with Gasteiger partial charge in [-0.25, -0.2) is 4.79 Å². The zero-order valence-electron chi connectivity index (χ0n) is 14.6. The summed E-state index contributed by atoms with van der Waals surface area (Å²) in [5, 5.41) is 0.895. The number of benzene rings is 1. The summed E-state index contributed by atoms with van der Waals surface area (Å²) in [5.74, 6) is -0.813. The standard InChI is InChI=1S/C19H19Cl2NO4/c1-11-17(19(24)25-2)15(8-12-5-6-13(20)9-16(12)21)18(23)22(11)10-14-4-3-7-26-14/h5-6,8-9,14H,3-4,7,10H2,1-2H3/b15-8-. The summed E-state index contributed by atoms with van der Waals surface area (Å²) in [6.07, 6.45) is 3.45. The molecule has 1 atom stereocenters. The fourth-order valence-corrected chi connectivity index (χ4v) is 3.68. The molecular formula is C19H19Cl2NO4. The lowest BCUT2D eigenvalue weighted by Crippen LogP contribution is -2.33. The van der Waals surface area contributed by atoms with E-state index in [4.69, 9.17) is 32.7 Å². The summed E-state index contributed by atoms with van der Waals surface area (Å²) >= 11 is 12.1. The number of carbonyl (C=O) groups excluding carboxylic acids is 2. The van der Waals surface area contributed by atoms with Gasteiger partial charge in [-0.2, -0.15) is 0 Å². The molecule has 0 aromatic heterocycles. The smallest absolute Gasteiger partial charge is 0.340 e. The molecule has 2 heterocycles. The maximum Gasteiger partial charge on any atom is 0.340 e. The number of hydrogen-bond acceptors (Lipinski definition) is 4. The molecule has 0 radical (unpaired) electrons. The van der Waals surface area contributed by atoms with Gasteiger partial charge in [-0.3, -0.25) is 4.79 Å². The van der Waals surface area contributed by atoms with Crippen LogP contribution in [0.2, 0.25) is 10.0 Å². The second kappa shape index (κ2) is 7.82. The van der Waals surface area contributed by atoms with E-state index in [-0.39, 0.29) is 23.2 Å². The highest BCUT2D eigenvalue weighted by atomic mass is 35.5. The van der Waals surface area contributed by atoms with Crippen molar-refractivity contribution in [2.75, 3.05) is 20.3 Å². The van der Waals surface area contributed by atoms with Gasteiger partial charge in [0.15, 0.2) is 0 Å². The zero-order chi connectivity index (χ0) is 18.8. The number of methoxy groups -OCH3 is 1. The lowest BCUT2D eigenvalue weighted by atomic mass is 10.0. The van der Waals surface area contributed by atoms with Gasteiger partial charge in [-0.15, -0.1) is 0 Å². The molecule has 1 fully saturated rings.